The predicted octanol–water partition coefficient (Wildman–Crippen LogP) is 5.32. The molecule has 2 aliphatic carbocycles. The Morgan fingerprint density at radius 3 is 2.12 bits per heavy atom. The number of rotatable bonds is 2. The van der Waals surface area contributed by atoms with E-state index in [-0.39, 0.29) is 17.4 Å². The molecule has 2 aliphatic rings. The summed E-state index contributed by atoms with van der Waals surface area (Å²) in [5.41, 5.74) is 5.39. The van der Waals surface area contributed by atoms with Crippen LogP contribution in [-0.4, -0.2) is 0 Å². The molecule has 0 saturated heterocycles. The van der Waals surface area contributed by atoms with Crippen LogP contribution in [0.15, 0.2) is 102 Å². The summed E-state index contributed by atoms with van der Waals surface area (Å²) in [4.78, 5) is 0. The molecule has 2 aromatic rings. The summed E-state index contributed by atoms with van der Waals surface area (Å²) < 4.78 is 0. The van der Waals surface area contributed by atoms with Crippen molar-refractivity contribution in [1.82, 2.24) is 0 Å². The highest BCUT2D eigenvalue weighted by atomic mass is 14.4. The van der Waals surface area contributed by atoms with E-state index in [1.54, 1.807) is 0 Å². The first-order valence-corrected chi connectivity index (χ1v) is 8.59. The molecule has 0 heterocycles. The quantitative estimate of drug-likeness (QED) is 0.698. The molecule has 0 amide bonds. The van der Waals surface area contributed by atoms with Crippen LogP contribution in [0.5, 0.6) is 0 Å². The van der Waals surface area contributed by atoms with Gasteiger partial charge in [0.1, 0.15) is 17.7 Å². The fourth-order valence-electron chi connectivity index (χ4n) is 3.98. The van der Waals surface area contributed by atoms with Gasteiger partial charge in [-0.25, -0.2) is 0 Å². The number of benzene rings is 2. The average Bonchev–Trinajstić information content (AvgIpc) is 3.05. The number of nitriles is 2. The normalized spacial score (nSPS) is 20.5. The number of hydrogen-bond donors (Lipinski definition) is 0. The minimum Gasteiger partial charge on any atom is -0.192 e. The second-order valence-corrected chi connectivity index (χ2v) is 6.37. The minimum atomic E-state index is -0.0306. The van der Waals surface area contributed by atoms with Gasteiger partial charge >= 0.3 is 0 Å². The van der Waals surface area contributed by atoms with Crippen LogP contribution in [0.3, 0.4) is 0 Å². The van der Waals surface area contributed by atoms with E-state index in [4.69, 9.17) is 0 Å². The Morgan fingerprint density at radius 1 is 0.808 bits per heavy atom. The van der Waals surface area contributed by atoms with Gasteiger partial charge in [-0.3, -0.25) is 0 Å². The third-order valence-electron chi connectivity index (χ3n) is 5.01. The van der Waals surface area contributed by atoms with Crippen molar-refractivity contribution >= 4 is 5.57 Å². The summed E-state index contributed by atoms with van der Waals surface area (Å²) >= 11 is 0. The molecule has 0 saturated carbocycles. The van der Waals surface area contributed by atoms with Crippen LogP contribution in [0.25, 0.3) is 5.57 Å². The van der Waals surface area contributed by atoms with Crippen LogP contribution in [0.4, 0.5) is 0 Å². The van der Waals surface area contributed by atoms with E-state index in [1.807, 2.05) is 60.7 Å². The fraction of sp³-hybridized carbons (Fsp3) is 0.0833. The Kier molecular flexibility index (Phi) is 4.10. The van der Waals surface area contributed by atoms with Crippen molar-refractivity contribution in [3.63, 3.8) is 0 Å². The molecule has 122 valence electrons. The van der Waals surface area contributed by atoms with E-state index >= 15 is 0 Å². The Balaban J connectivity index is 2.04. The summed E-state index contributed by atoms with van der Waals surface area (Å²) in [6, 6.07) is 24.5. The summed E-state index contributed by atoms with van der Waals surface area (Å²) in [5, 5.41) is 19.3. The lowest BCUT2D eigenvalue weighted by molar-refractivity contribution is 0.691. The molecule has 4 rings (SSSR count). The van der Waals surface area contributed by atoms with Crippen LogP contribution in [0.1, 0.15) is 17.0 Å². The first kappa shape index (κ1) is 15.9. The summed E-state index contributed by atoms with van der Waals surface area (Å²) in [6.07, 6.45) is 8.36. The van der Waals surface area contributed by atoms with Gasteiger partial charge in [-0.1, -0.05) is 85.0 Å². The molecule has 0 aromatic heterocycles. The van der Waals surface area contributed by atoms with Crippen LogP contribution in [-0.2, 0) is 0 Å². The van der Waals surface area contributed by atoms with Gasteiger partial charge in [0, 0.05) is 11.8 Å². The molecule has 2 heteroatoms. The molecule has 0 spiro atoms. The lowest BCUT2D eigenvalue weighted by atomic mass is 9.80. The molecule has 0 aliphatic heterocycles. The first-order valence-electron chi connectivity index (χ1n) is 8.59. The van der Waals surface area contributed by atoms with E-state index in [9.17, 15) is 10.5 Å². The fourth-order valence-corrected chi connectivity index (χ4v) is 3.98. The average molecular weight is 332 g/mol. The van der Waals surface area contributed by atoms with Gasteiger partial charge in [0.2, 0.25) is 0 Å². The topological polar surface area (TPSA) is 47.6 Å². The Morgan fingerprint density at radius 2 is 1.46 bits per heavy atom. The van der Waals surface area contributed by atoms with Crippen molar-refractivity contribution in [1.29, 1.82) is 10.5 Å². The number of allylic oxidation sites excluding steroid dienone is 8. The van der Waals surface area contributed by atoms with E-state index < -0.39 is 0 Å². The third kappa shape index (κ3) is 2.50. The molecule has 2 unspecified atom stereocenters. The van der Waals surface area contributed by atoms with Crippen molar-refractivity contribution < 1.29 is 0 Å². The van der Waals surface area contributed by atoms with Crippen molar-refractivity contribution in [3.8, 4) is 12.1 Å². The number of nitrogens with zero attached hydrogens (tertiary/aromatic N) is 2. The maximum absolute atomic E-state index is 9.66. The zero-order valence-electron chi connectivity index (χ0n) is 14.1. The van der Waals surface area contributed by atoms with Gasteiger partial charge in [-0.05, 0) is 27.8 Å². The highest BCUT2D eigenvalue weighted by Crippen LogP contribution is 2.54. The number of fused-ring (bicyclic) bond motifs is 1. The molecule has 0 radical (unpaired) electrons. The Bertz CT molecular complexity index is 1020. The van der Waals surface area contributed by atoms with Crippen molar-refractivity contribution in [3.05, 3.63) is 113 Å². The second kappa shape index (κ2) is 6.71. The molecule has 0 N–H and O–H groups in total. The van der Waals surface area contributed by atoms with E-state index in [0.29, 0.717) is 0 Å². The summed E-state index contributed by atoms with van der Waals surface area (Å²) in [6.45, 7) is 0. The largest absolute Gasteiger partial charge is 0.192 e. The maximum Gasteiger partial charge on any atom is 0.134 e. The number of hydrogen-bond acceptors (Lipinski definition) is 2. The SMILES string of the molecule is N#CC(C#N)=C1C(c2ccccc2)=C2C=CC=CC2C1c1ccccc1. The van der Waals surface area contributed by atoms with Crippen molar-refractivity contribution in [2.24, 2.45) is 5.92 Å². The van der Waals surface area contributed by atoms with Crippen LogP contribution in [0, 0.1) is 28.6 Å². The molecular formula is C24H16N2. The molecular weight excluding hydrogens is 316 g/mol. The van der Waals surface area contributed by atoms with Gasteiger partial charge in [0.15, 0.2) is 0 Å². The molecule has 2 aromatic carbocycles. The summed E-state index contributed by atoms with van der Waals surface area (Å²) in [7, 11) is 0. The molecule has 2 nitrogen and oxygen atoms in total. The molecule has 0 fully saturated rings. The monoisotopic (exact) mass is 332 g/mol. The second-order valence-electron chi connectivity index (χ2n) is 6.37. The highest BCUT2D eigenvalue weighted by Gasteiger charge is 2.40. The predicted molar refractivity (Wildman–Crippen MR) is 103 cm³/mol. The van der Waals surface area contributed by atoms with Gasteiger partial charge in [-0.2, -0.15) is 10.5 Å². The minimum absolute atomic E-state index is 0.0306. The third-order valence-corrected chi connectivity index (χ3v) is 5.01. The lowest BCUT2D eigenvalue weighted by Gasteiger charge is -2.22. The molecule has 2 atom stereocenters. The standard InChI is InChI=1S/C24H16N2/c25-15-19(16-26)24-22(17-9-3-1-4-10-17)20-13-7-8-14-21(20)23(24)18-11-5-2-6-12-18/h1-14,20,22H. The van der Waals surface area contributed by atoms with Crippen molar-refractivity contribution in [2.45, 2.75) is 5.92 Å². The zero-order valence-corrected chi connectivity index (χ0v) is 14.1. The van der Waals surface area contributed by atoms with Gasteiger partial charge in [0.05, 0.1) is 0 Å². The Hall–Kier alpha value is -3.62. The smallest absolute Gasteiger partial charge is 0.134 e. The van der Waals surface area contributed by atoms with Crippen LogP contribution < -0.4 is 0 Å². The van der Waals surface area contributed by atoms with E-state index in [1.165, 1.54) is 5.57 Å². The van der Waals surface area contributed by atoms with Gasteiger partial charge in [0.25, 0.3) is 0 Å². The zero-order chi connectivity index (χ0) is 17.9. The maximum atomic E-state index is 9.66. The first-order chi connectivity index (χ1) is 12.8. The molecule has 26 heavy (non-hydrogen) atoms. The van der Waals surface area contributed by atoms with E-state index in [2.05, 4.69) is 36.4 Å². The Labute approximate surface area is 153 Å². The van der Waals surface area contributed by atoms with Crippen LogP contribution in [0.2, 0.25) is 0 Å². The lowest BCUT2D eigenvalue weighted by Crippen LogP contribution is -2.10. The van der Waals surface area contributed by atoms with Crippen molar-refractivity contribution in [2.75, 3.05) is 0 Å². The highest BCUT2D eigenvalue weighted by molar-refractivity contribution is 5.91. The van der Waals surface area contributed by atoms with Crippen LogP contribution >= 0.6 is 0 Å². The van der Waals surface area contributed by atoms with E-state index in [0.717, 1.165) is 22.3 Å². The van der Waals surface area contributed by atoms with Gasteiger partial charge in [-0.15, -0.1) is 0 Å². The summed E-state index contributed by atoms with van der Waals surface area (Å²) in [5.74, 6) is 0.0983. The van der Waals surface area contributed by atoms with Gasteiger partial charge < -0.3 is 0 Å². The molecule has 0 bridgehead atoms.